The number of piperidine rings is 1. The molecule has 3 atom stereocenters. The minimum atomic E-state index is -0.557. The maximum atomic E-state index is 13.4. The molecule has 2 fully saturated rings. The van der Waals surface area contributed by atoms with Crippen LogP contribution in [0, 0.1) is 5.92 Å². The number of amides is 1. The van der Waals surface area contributed by atoms with Gasteiger partial charge in [-0.05, 0) is 24.3 Å². The number of aliphatic hydroxyl groups excluding tert-OH is 1. The van der Waals surface area contributed by atoms with E-state index in [4.69, 9.17) is 11.5 Å². The maximum Gasteiger partial charge on any atom is 0.241 e. The van der Waals surface area contributed by atoms with E-state index < -0.39 is 6.10 Å². The molecule has 0 spiro atoms. The summed E-state index contributed by atoms with van der Waals surface area (Å²) in [5, 5.41) is 11.1. The molecule has 0 unspecified atom stereocenters. The van der Waals surface area contributed by atoms with Gasteiger partial charge in [0.2, 0.25) is 5.91 Å². The molecule has 0 bridgehead atoms. The van der Waals surface area contributed by atoms with E-state index >= 15 is 0 Å². The highest BCUT2D eigenvalue weighted by molar-refractivity contribution is 6.03. The van der Waals surface area contributed by atoms with Gasteiger partial charge in [-0.2, -0.15) is 0 Å². The molecule has 2 aromatic heterocycles. The molecule has 2 aliphatic rings. The number of fused-ring (bicyclic) bond motifs is 1. The van der Waals surface area contributed by atoms with Crippen LogP contribution in [0.4, 0.5) is 17.1 Å². The maximum absolute atomic E-state index is 13.4. The summed E-state index contributed by atoms with van der Waals surface area (Å²) in [4.78, 5) is 40.4. The molecule has 5 rings (SSSR count). The van der Waals surface area contributed by atoms with Crippen molar-refractivity contribution in [2.75, 3.05) is 55.3 Å². The van der Waals surface area contributed by atoms with E-state index in [0.29, 0.717) is 37.4 Å². The minimum Gasteiger partial charge on any atom is -0.397 e. The zero-order valence-corrected chi connectivity index (χ0v) is 21.2. The van der Waals surface area contributed by atoms with Gasteiger partial charge < -0.3 is 31.3 Å². The fourth-order valence-corrected chi connectivity index (χ4v) is 5.20. The first-order valence-corrected chi connectivity index (χ1v) is 12.5. The van der Waals surface area contributed by atoms with Crippen molar-refractivity contribution in [3.63, 3.8) is 0 Å². The number of pyridine rings is 2. The third-order valence-electron chi connectivity index (χ3n) is 7.45. The van der Waals surface area contributed by atoms with Crippen LogP contribution in [0.15, 0.2) is 42.7 Å². The second kappa shape index (κ2) is 9.95. The van der Waals surface area contributed by atoms with Crippen molar-refractivity contribution < 1.29 is 14.7 Å². The van der Waals surface area contributed by atoms with Crippen molar-refractivity contribution in [1.82, 2.24) is 14.9 Å². The normalized spacial score (nSPS) is 22.5. The molecule has 2 saturated heterocycles. The molecule has 194 valence electrons. The molecule has 1 amide bonds. The second-order valence-electron chi connectivity index (χ2n) is 10.2. The van der Waals surface area contributed by atoms with Crippen LogP contribution in [0.3, 0.4) is 0 Å². The van der Waals surface area contributed by atoms with Gasteiger partial charge in [0.25, 0.3) is 0 Å². The molecule has 37 heavy (non-hydrogen) atoms. The summed E-state index contributed by atoms with van der Waals surface area (Å²) >= 11 is 0. The number of hydrogen-bond acceptors (Lipinski definition) is 9. The molecule has 5 N–H and O–H groups in total. The number of carbonyl (C=O) groups is 2. The molecular formula is C27H33N7O3. The van der Waals surface area contributed by atoms with Crippen LogP contribution in [-0.2, 0) is 11.2 Å². The number of benzene rings is 1. The topological polar surface area (TPSA) is 142 Å². The first-order chi connectivity index (χ1) is 17.7. The van der Waals surface area contributed by atoms with Crippen LogP contribution in [0.25, 0.3) is 10.9 Å². The Kier molecular flexibility index (Phi) is 6.70. The lowest BCUT2D eigenvalue weighted by atomic mass is 9.92. The number of likely N-dealkylation sites (N-methyl/N-ethyl adjacent to an activating group) is 1. The van der Waals surface area contributed by atoms with Gasteiger partial charge in [0, 0.05) is 86.3 Å². The molecule has 10 nitrogen and oxygen atoms in total. The van der Waals surface area contributed by atoms with E-state index in [0.717, 1.165) is 28.9 Å². The molecule has 3 aromatic rings. The molecule has 0 saturated carbocycles. The van der Waals surface area contributed by atoms with Crippen molar-refractivity contribution in [2.24, 2.45) is 11.7 Å². The Morgan fingerprint density at radius 2 is 1.97 bits per heavy atom. The van der Waals surface area contributed by atoms with Crippen LogP contribution in [0.1, 0.15) is 23.0 Å². The Hall–Kier alpha value is -3.76. The van der Waals surface area contributed by atoms with Gasteiger partial charge in [-0.15, -0.1) is 0 Å². The van der Waals surface area contributed by atoms with Crippen LogP contribution < -0.4 is 21.3 Å². The Morgan fingerprint density at radius 1 is 1.16 bits per heavy atom. The summed E-state index contributed by atoms with van der Waals surface area (Å²) in [6.07, 6.45) is 2.91. The summed E-state index contributed by atoms with van der Waals surface area (Å²) in [6.45, 7) is 4.78. The van der Waals surface area contributed by atoms with Gasteiger partial charge in [0.15, 0.2) is 5.78 Å². The number of anilines is 3. The SMILES string of the molecule is C[C@H]1CN(c2ccncc2CC(=O)c2nc3cc(N4CCN(C)C(=O)C4)ccc3cc2N)C[C@@H](N)[C@@H]1O. The lowest BCUT2D eigenvalue weighted by Crippen LogP contribution is -2.55. The Labute approximate surface area is 215 Å². The number of piperazine rings is 1. The summed E-state index contributed by atoms with van der Waals surface area (Å²) in [5.74, 6) is -0.135. The minimum absolute atomic E-state index is 0.00283. The van der Waals surface area contributed by atoms with Crippen molar-refractivity contribution in [2.45, 2.75) is 25.5 Å². The number of nitrogens with zero attached hydrogens (tertiary/aromatic N) is 5. The Bertz CT molecular complexity index is 1330. The van der Waals surface area contributed by atoms with E-state index in [2.05, 4.69) is 14.9 Å². The first-order valence-electron chi connectivity index (χ1n) is 12.5. The lowest BCUT2D eigenvalue weighted by molar-refractivity contribution is -0.129. The van der Waals surface area contributed by atoms with E-state index in [1.54, 1.807) is 30.4 Å². The third kappa shape index (κ3) is 4.94. The van der Waals surface area contributed by atoms with Gasteiger partial charge in [-0.25, -0.2) is 4.98 Å². The zero-order valence-electron chi connectivity index (χ0n) is 21.2. The molecule has 0 aliphatic carbocycles. The fraction of sp³-hybridized carbons (Fsp3) is 0.407. The molecule has 10 heteroatoms. The molecular weight excluding hydrogens is 470 g/mol. The van der Waals surface area contributed by atoms with Crippen molar-refractivity contribution in [3.8, 4) is 0 Å². The first kappa shape index (κ1) is 24.9. The monoisotopic (exact) mass is 503 g/mol. The number of nitrogens with two attached hydrogens (primary N) is 2. The Morgan fingerprint density at radius 3 is 2.73 bits per heavy atom. The van der Waals surface area contributed by atoms with Crippen LogP contribution in [0.5, 0.6) is 0 Å². The number of nitrogen functional groups attached to an aromatic ring is 1. The van der Waals surface area contributed by atoms with Crippen LogP contribution in [-0.4, -0.2) is 83.6 Å². The van der Waals surface area contributed by atoms with E-state index in [1.807, 2.05) is 36.1 Å². The highest BCUT2D eigenvalue weighted by atomic mass is 16.3. The number of rotatable bonds is 5. The van der Waals surface area contributed by atoms with Crippen molar-refractivity contribution in [3.05, 3.63) is 54.0 Å². The van der Waals surface area contributed by atoms with Crippen molar-refractivity contribution in [1.29, 1.82) is 0 Å². The molecule has 1 aromatic carbocycles. The van der Waals surface area contributed by atoms with Gasteiger partial charge in [0.1, 0.15) is 5.69 Å². The van der Waals surface area contributed by atoms with Crippen LogP contribution in [0.2, 0.25) is 0 Å². The van der Waals surface area contributed by atoms with Gasteiger partial charge >= 0.3 is 0 Å². The second-order valence-corrected chi connectivity index (χ2v) is 10.2. The van der Waals surface area contributed by atoms with E-state index in [9.17, 15) is 14.7 Å². The summed E-state index contributed by atoms with van der Waals surface area (Å²) in [6, 6.07) is 9.04. The van der Waals surface area contributed by atoms with Crippen molar-refractivity contribution >= 4 is 39.7 Å². The molecule has 4 heterocycles. The predicted molar refractivity (Wildman–Crippen MR) is 144 cm³/mol. The molecule has 0 radical (unpaired) electrons. The summed E-state index contributed by atoms with van der Waals surface area (Å²) in [7, 11) is 1.81. The third-order valence-corrected chi connectivity index (χ3v) is 7.45. The summed E-state index contributed by atoms with van der Waals surface area (Å²) < 4.78 is 0. The lowest BCUT2D eigenvalue weighted by Gasteiger charge is -2.40. The van der Waals surface area contributed by atoms with E-state index in [-0.39, 0.29) is 35.8 Å². The number of hydrogen-bond donors (Lipinski definition) is 3. The number of aliphatic hydroxyl groups is 1. The summed E-state index contributed by atoms with van der Waals surface area (Å²) in [5.41, 5.74) is 16.1. The number of Topliss-reactive ketones (excluding diaryl/α,β-unsaturated/α-hetero) is 1. The number of ketones is 1. The number of carbonyl (C=O) groups excluding carboxylic acids is 2. The van der Waals surface area contributed by atoms with Gasteiger partial charge in [-0.1, -0.05) is 13.0 Å². The van der Waals surface area contributed by atoms with Gasteiger partial charge in [-0.3, -0.25) is 14.6 Å². The van der Waals surface area contributed by atoms with E-state index in [1.165, 1.54) is 0 Å². The number of aromatic nitrogens is 2. The van der Waals surface area contributed by atoms with Crippen LogP contribution >= 0.6 is 0 Å². The Balaban J connectivity index is 1.41. The molecule has 2 aliphatic heterocycles. The quantitative estimate of drug-likeness (QED) is 0.436. The highest BCUT2D eigenvalue weighted by Gasteiger charge is 2.32. The average Bonchev–Trinajstić information content (AvgIpc) is 2.88. The largest absolute Gasteiger partial charge is 0.397 e. The smallest absolute Gasteiger partial charge is 0.241 e. The van der Waals surface area contributed by atoms with Gasteiger partial charge in [0.05, 0.1) is 23.9 Å². The highest BCUT2D eigenvalue weighted by Crippen LogP contribution is 2.29. The fourth-order valence-electron chi connectivity index (χ4n) is 5.20. The standard InChI is InChI=1S/C27H33N7O3/c1-16-13-34(14-21(29)27(16)37)23-5-6-30-12-18(23)10-24(35)26-20(28)9-17-3-4-19(11-22(17)31-26)33-8-7-32(2)25(36)15-33/h3-6,9,11-12,16,21,27,37H,7-8,10,13-15,28-29H2,1-2H3/t16-,21+,27+/m0/s1. The zero-order chi connectivity index (χ0) is 26.3. The predicted octanol–water partition coefficient (Wildman–Crippen LogP) is 1.06. The average molecular weight is 504 g/mol.